The molecule has 39 heavy (non-hydrogen) atoms. The average molecular weight is 527 g/mol. The molecule has 0 radical (unpaired) electrons. The molecule has 6 rings (SSSR count). The molecule has 1 saturated heterocycles. The quantitative estimate of drug-likeness (QED) is 0.369. The third kappa shape index (κ3) is 4.49. The topological polar surface area (TPSA) is 104 Å². The highest BCUT2D eigenvalue weighted by atomic mass is 16.3. The van der Waals surface area contributed by atoms with Crippen molar-refractivity contribution in [3.63, 3.8) is 0 Å². The highest BCUT2D eigenvalue weighted by Gasteiger charge is 2.34. The summed E-state index contributed by atoms with van der Waals surface area (Å²) in [5, 5.41) is 14.5. The van der Waals surface area contributed by atoms with Gasteiger partial charge < -0.3 is 20.2 Å². The summed E-state index contributed by atoms with van der Waals surface area (Å²) in [5.41, 5.74) is 2.90. The van der Waals surface area contributed by atoms with Crippen LogP contribution in [0.4, 0.5) is 17.3 Å². The maximum atomic E-state index is 13.3. The van der Waals surface area contributed by atoms with Crippen molar-refractivity contribution in [1.82, 2.24) is 29.2 Å². The summed E-state index contributed by atoms with van der Waals surface area (Å²) in [4.78, 5) is 32.0. The van der Waals surface area contributed by atoms with Gasteiger partial charge in [-0.2, -0.15) is 4.98 Å². The van der Waals surface area contributed by atoms with Crippen LogP contribution in [0.3, 0.4) is 0 Å². The summed E-state index contributed by atoms with van der Waals surface area (Å²) in [6, 6.07) is 12.6. The molecule has 0 unspecified atom stereocenters. The summed E-state index contributed by atoms with van der Waals surface area (Å²) in [6.07, 6.45) is 4.60. The van der Waals surface area contributed by atoms with Crippen molar-refractivity contribution in [3.05, 3.63) is 76.9 Å². The normalized spacial score (nSPS) is 21.3. The van der Waals surface area contributed by atoms with Crippen LogP contribution in [0.5, 0.6) is 0 Å². The van der Waals surface area contributed by atoms with E-state index in [1.807, 2.05) is 24.3 Å². The number of rotatable bonds is 6. The summed E-state index contributed by atoms with van der Waals surface area (Å²) in [5.74, 6) is 0.890. The number of anilines is 3. The molecule has 1 aliphatic heterocycles. The smallest absolute Gasteiger partial charge is 0.278 e. The van der Waals surface area contributed by atoms with Gasteiger partial charge >= 0.3 is 0 Å². The molecule has 1 aliphatic carbocycles. The van der Waals surface area contributed by atoms with E-state index in [4.69, 9.17) is 9.97 Å². The first-order chi connectivity index (χ1) is 18.7. The van der Waals surface area contributed by atoms with Gasteiger partial charge in [0.05, 0.1) is 12.2 Å². The fourth-order valence-corrected chi connectivity index (χ4v) is 5.54. The molecule has 0 saturated carbocycles. The zero-order valence-electron chi connectivity index (χ0n) is 22.6. The Kier molecular flexibility index (Phi) is 6.23. The number of hydrogen-bond donors (Lipinski definition) is 2. The molecule has 2 N–H and O–H groups in total. The molecule has 2 aliphatic rings. The Morgan fingerprint density at radius 3 is 2.72 bits per heavy atom. The molecule has 10 heteroatoms. The van der Waals surface area contributed by atoms with Crippen LogP contribution in [-0.4, -0.2) is 67.0 Å². The maximum absolute atomic E-state index is 13.3. The third-order valence-corrected chi connectivity index (χ3v) is 8.00. The van der Waals surface area contributed by atoms with Crippen LogP contribution in [0.2, 0.25) is 0 Å². The van der Waals surface area contributed by atoms with Gasteiger partial charge in [0.2, 0.25) is 5.95 Å². The van der Waals surface area contributed by atoms with E-state index < -0.39 is 5.60 Å². The molecule has 4 heterocycles. The molecule has 202 valence electrons. The van der Waals surface area contributed by atoms with Crippen molar-refractivity contribution in [1.29, 1.82) is 0 Å². The summed E-state index contributed by atoms with van der Waals surface area (Å²) >= 11 is 0. The molecule has 3 aromatic heterocycles. The van der Waals surface area contributed by atoms with Crippen molar-refractivity contribution in [2.75, 3.05) is 36.9 Å². The molecule has 2 atom stereocenters. The van der Waals surface area contributed by atoms with E-state index in [1.54, 1.807) is 28.6 Å². The Hall–Kier alpha value is -4.02. The van der Waals surface area contributed by atoms with E-state index in [9.17, 15) is 9.90 Å². The number of nitrogens with one attached hydrogen (secondary N) is 1. The Balaban J connectivity index is 1.34. The van der Waals surface area contributed by atoms with Crippen LogP contribution >= 0.6 is 0 Å². The van der Waals surface area contributed by atoms with E-state index >= 15 is 0 Å². The molecule has 4 aromatic rings. The lowest BCUT2D eigenvalue weighted by atomic mass is 10.0. The minimum Gasteiger partial charge on any atom is -0.384 e. The lowest BCUT2D eigenvalue weighted by Gasteiger charge is -2.39. The zero-order valence-corrected chi connectivity index (χ0v) is 22.6. The first-order valence-corrected chi connectivity index (χ1v) is 13.4. The number of allylic oxidation sites excluding steroid dienone is 1. The van der Waals surface area contributed by atoms with Crippen molar-refractivity contribution in [3.8, 4) is 5.82 Å². The van der Waals surface area contributed by atoms with E-state index in [-0.39, 0.29) is 12.1 Å². The summed E-state index contributed by atoms with van der Waals surface area (Å²) in [6.45, 7) is 11.2. The standard InChI is InChI=1S/C29H34N8O2/c1-5-14-36-27(38)23-17-30-28(31-21-7-9-22(10-8-21)35-16-15-34(4)19(2)18-35)33-26(23)37(36)24-11-6-20-12-13-29(3,39)25(20)32-24/h5-11,17,19,39H,1,12-16,18H2,2-4H3,(H,30,31,33)/t19-,29+/m0/s1. The van der Waals surface area contributed by atoms with Gasteiger partial charge in [0.1, 0.15) is 11.0 Å². The van der Waals surface area contributed by atoms with Crippen molar-refractivity contribution in [2.45, 2.75) is 44.9 Å². The number of likely N-dealkylation sites (N-methyl/N-ethyl adjacent to an activating group) is 1. The lowest BCUT2D eigenvalue weighted by molar-refractivity contribution is 0.0553. The number of piperazine rings is 1. The Labute approximate surface area is 227 Å². The summed E-state index contributed by atoms with van der Waals surface area (Å²) < 4.78 is 3.24. The van der Waals surface area contributed by atoms with Crippen LogP contribution in [0.25, 0.3) is 16.9 Å². The zero-order chi connectivity index (χ0) is 27.3. The number of aryl methyl sites for hydroxylation is 1. The molecule has 0 bridgehead atoms. The van der Waals surface area contributed by atoms with Crippen LogP contribution in [0.1, 0.15) is 31.5 Å². The van der Waals surface area contributed by atoms with Gasteiger partial charge in [0.25, 0.3) is 5.56 Å². The van der Waals surface area contributed by atoms with Gasteiger partial charge in [-0.15, -0.1) is 6.58 Å². The molecular weight excluding hydrogens is 492 g/mol. The highest BCUT2D eigenvalue weighted by Crippen LogP contribution is 2.35. The Morgan fingerprint density at radius 2 is 1.97 bits per heavy atom. The van der Waals surface area contributed by atoms with E-state index in [1.165, 1.54) is 5.69 Å². The van der Waals surface area contributed by atoms with Crippen LogP contribution in [0, 0.1) is 0 Å². The molecule has 0 amide bonds. The predicted molar refractivity (Wildman–Crippen MR) is 153 cm³/mol. The predicted octanol–water partition coefficient (Wildman–Crippen LogP) is 3.20. The first kappa shape index (κ1) is 25.3. The number of hydrogen-bond acceptors (Lipinski definition) is 8. The lowest BCUT2D eigenvalue weighted by Crippen LogP contribution is -2.50. The first-order valence-electron chi connectivity index (χ1n) is 13.4. The van der Waals surface area contributed by atoms with Crippen molar-refractivity contribution < 1.29 is 5.11 Å². The van der Waals surface area contributed by atoms with Crippen molar-refractivity contribution >= 4 is 28.4 Å². The number of benzene rings is 1. The second kappa shape index (κ2) is 9.62. The van der Waals surface area contributed by atoms with Gasteiger partial charge in [-0.1, -0.05) is 12.1 Å². The van der Waals surface area contributed by atoms with E-state index in [2.05, 4.69) is 52.8 Å². The van der Waals surface area contributed by atoms with Crippen LogP contribution in [-0.2, 0) is 18.6 Å². The second-order valence-electron chi connectivity index (χ2n) is 10.8. The molecule has 0 spiro atoms. The molecular formula is C29H34N8O2. The van der Waals surface area contributed by atoms with Gasteiger partial charge in [0.15, 0.2) is 11.5 Å². The average Bonchev–Trinajstić information content (AvgIpc) is 3.38. The Bertz CT molecular complexity index is 1600. The number of aromatic nitrogens is 5. The highest BCUT2D eigenvalue weighted by molar-refractivity contribution is 5.77. The van der Waals surface area contributed by atoms with E-state index in [0.717, 1.165) is 37.3 Å². The molecule has 10 nitrogen and oxygen atoms in total. The fourth-order valence-electron chi connectivity index (χ4n) is 5.54. The van der Waals surface area contributed by atoms with Gasteiger partial charge in [-0.3, -0.25) is 4.79 Å². The van der Waals surface area contributed by atoms with Gasteiger partial charge in [-0.25, -0.2) is 19.3 Å². The van der Waals surface area contributed by atoms with Crippen LogP contribution < -0.4 is 15.8 Å². The minimum absolute atomic E-state index is 0.226. The van der Waals surface area contributed by atoms with Gasteiger partial charge in [-0.05, 0) is 69.6 Å². The number of aliphatic hydroxyl groups is 1. The number of fused-ring (bicyclic) bond motifs is 2. The molecule has 1 fully saturated rings. The second-order valence-corrected chi connectivity index (χ2v) is 10.8. The minimum atomic E-state index is -1.01. The van der Waals surface area contributed by atoms with Gasteiger partial charge in [0, 0.05) is 43.2 Å². The summed E-state index contributed by atoms with van der Waals surface area (Å²) in [7, 11) is 2.17. The largest absolute Gasteiger partial charge is 0.384 e. The molecule has 1 aromatic carbocycles. The number of nitrogens with zero attached hydrogens (tertiary/aromatic N) is 7. The SMILES string of the molecule is C=CCn1c(=O)c2cnc(Nc3ccc(N4CCN(C)[C@@H](C)C4)cc3)nc2n1-c1ccc2c(n1)[C@](C)(O)CC2. The Morgan fingerprint density at radius 1 is 1.18 bits per heavy atom. The van der Waals surface area contributed by atoms with E-state index in [0.29, 0.717) is 41.0 Å². The fraction of sp³-hybridized carbons (Fsp3) is 0.379. The number of pyridine rings is 1. The van der Waals surface area contributed by atoms with Crippen molar-refractivity contribution in [2.24, 2.45) is 0 Å². The van der Waals surface area contributed by atoms with Crippen LogP contribution in [0.15, 0.2) is 60.0 Å². The maximum Gasteiger partial charge on any atom is 0.278 e. The third-order valence-electron chi connectivity index (χ3n) is 8.00. The monoisotopic (exact) mass is 526 g/mol.